The van der Waals surface area contributed by atoms with Crippen LogP contribution in [0.1, 0.15) is 33.0 Å². The van der Waals surface area contributed by atoms with E-state index in [4.69, 9.17) is 0 Å². The average molecular weight is 339 g/mol. The van der Waals surface area contributed by atoms with Crippen LogP contribution in [0.25, 0.3) is 5.76 Å². The highest BCUT2D eigenvalue weighted by Crippen LogP contribution is 2.35. The molecule has 0 fully saturated rings. The van der Waals surface area contributed by atoms with Gasteiger partial charge in [-0.1, -0.05) is 90.7 Å². The van der Waals surface area contributed by atoms with Crippen molar-refractivity contribution in [1.82, 2.24) is 0 Å². The smallest absolute Gasteiger partial charge is 0.196 e. The molecule has 3 heteroatoms. The molecule has 0 aliphatic heterocycles. The molecule has 0 unspecified atom stereocenters. The molecule has 0 spiro atoms. The molecular weight excluding hydrogens is 324 g/mol. The highest BCUT2D eigenvalue weighted by molar-refractivity contribution is 6.35. The fourth-order valence-corrected chi connectivity index (χ4v) is 3.41. The zero-order valence-corrected chi connectivity index (χ0v) is 13.9. The number of allylic oxidation sites excluding steroid dienone is 1. The fraction of sp³-hybridized carbons (Fsp3) is 0.0435. The molecule has 0 amide bonds. The lowest BCUT2D eigenvalue weighted by molar-refractivity contribution is -0.244. The van der Waals surface area contributed by atoms with Crippen molar-refractivity contribution in [2.24, 2.45) is 0 Å². The van der Waals surface area contributed by atoms with Gasteiger partial charge in [-0.25, -0.2) is 0 Å². The van der Waals surface area contributed by atoms with Crippen LogP contribution in [0.15, 0.2) is 90.5 Å². The molecule has 0 heterocycles. The largest absolute Gasteiger partial charge is 0.871 e. The lowest BCUT2D eigenvalue weighted by Crippen LogP contribution is -2.22. The lowest BCUT2D eigenvalue weighted by atomic mass is 9.84. The standard InChI is InChI=1S/C23H16O3/c24-21-17-13-7-8-14-18(17)22(25)20(21)23(26)19(15-9-3-1-4-10-15)16-11-5-2-6-12-16/h1-14,19,24H/p-1. The Morgan fingerprint density at radius 3 is 1.65 bits per heavy atom. The highest BCUT2D eigenvalue weighted by atomic mass is 16.3. The number of Topliss-reactive ketones (excluding diaryl/α,β-unsaturated/α-hetero) is 2. The molecule has 3 aromatic rings. The van der Waals surface area contributed by atoms with Gasteiger partial charge in [0.2, 0.25) is 0 Å². The maximum Gasteiger partial charge on any atom is 0.196 e. The van der Waals surface area contributed by atoms with E-state index >= 15 is 0 Å². The number of carbonyl (C=O) groups excluding carboxylic acids is 2. The molecule has 26 heavy (non-hydrogen) atoms. The molecule has 0 saturated carbocycles. The van der Waals surface area contributed by atoms with E-state index in [0.717, 1.165) is 11.1 Å². The molecule has 3 aromatic carbocycles. The summed E-state index contributed by atoms with van der Waals surface area (Å²) in [5, 5.41) is 12.7. The first-order valence-electron chi connectivity index (χ1n) is 8.38. The summed E-state index contributed by atoms with van der Waals surface area (Å²) in [7, 11) is 0. The predicted molar refractivity (Wildman–Crippen MR) is 97.4 cm³/mol. The maximum atomic E-state index is 13.4. The summed E-state index contributed by atoms with van der Waals surface area (Å²) in [6.07, 6.45) is 0. The van der Waals surface area contributed by atoms with Crippen LogP contribution in [-0.2, 0) is 4.79 Å². The zero-order valence-electron chi connectivity index (χ0n) is 13.9. The number of carbonyl (C=O) groups is 2. The van der Waals surface area contributed by atoms with Crippen LogP contribution in [0.5, 0.6) is 0 Å². The first kappa shape index (κ1) is 16.0. The zero-order chi connectivity index (χ0) is 18.1. The minimum Gasteiger partial charge on any atom is -0.871 e. The van der Waals surface area contributed by atoms with Gasteiger partial charge in [-0.2, -0.15) is 0 Å². The molecule has 1 aliphatic carbocycles. The van der Waals surface area contributed by atoms with Crippen LogP contribution in [-0.4, -0.2) is 11.6 Å². The van der Waals surface area contributed by atoms with Crippen molar-refractivity contribution < 1.29 is 14.7 Å². The van der Waals surface area contributed by atoms with Gasteiger partial charge in [0.15, 0.2) is 11.6 Å². The third-order valence-electron chi connectivity index (χ3n) is 4.64. The van der Waals surface area contributed by atoms with Crippen LogP contribution < -0.4 is 5.11 Å². The van der Waals surface area contributed by atoms with Crippen LogP contribution >= 0.6 is 0 Å². The average Bonchev–Trinajstić information content (AvgIpc) is 2.95. The Kier molecular flexibility index (Phi) is 3.98. The summed E-state index contributed by atoms with van der Waals surface area (Å²) in [6.45, 7) is 0. The van der Waals surface area contributed by atoms with E-state index in [9.17, 15) is 14.7 Å². The van der Waals surface area contributed by atoms with E-state index in [1.54, 1.807) is 24.3 Å². The molecule has 0 radical (unpaired) electrons. The number of rotatable bonds is 4. The summed E-state index contributed by atoms with van der Waals surface area (Å²) in [5.41, 5.74) is 1.88. The third-order valence-corrected chi connectivity index (χ3v) is 4.64. The molecule has 0 N–H and O–H groups in total. The summed E-state index contributed by atoms with van der Waals surface area (Å²) >= 11 is 0. The molecule has 1 aliphatic rings. The highest BCUT2D eigenvalue weighted by Gasteiger charge is 2.34. The van der Waals surface area contributed by atoms with Gasteiger partial charge in [-0.15, -0.1) is 0 Å². The molecule has 0 bridgehead atoms. The van der Waals surface area contributed by atoms with Crippen molar-refractivity contribution in [2.75, 3.05) is 0 Å². The third kappa shape index (κ3) is 2.54. The van der Waals surface area contributed by atoms with Gasteiger partial charge >= 0.3 is 0 Å². The second kappa shape index (κ2) is 6.45. The Labute approximate surface area is 151 Å². The van der Waals surface area contributed by atoms with E-state index in [2.05, 4.69) is 0 Å². The molecule has 126 valence electrons. The molecule has 4 rings (SSSR count). The van der Waals surface area contributed by atoms with E-state index < -0.39 is 23.2 Å². The number of ketones is 2. The van der Waals surface area contributed by atoms with Gasteiger partial charge in [0.1, 0.15) is 0 Å². The predicted octanol–water partition coefficient (Wildman–Crippen LogP) is 3.36. The molecule has 3 nitrogen and oxygen atoms in total. The van der Waals surface area contributed by atoms with Crippen molar-refractivity contribution in [3.05, 3.63) is 113 Å². The minimum atomic E-state index is -0.686. The van der Waals surface area contributed by atoms with Gasteiger partial charge in [0, 0.05) is 5.56 Å². The van der Waals surface area contributed by atoms with Gasteiger partial charge in [0.25, 0.3) is 0 Å². The van der Waals surface area contributed by atoms with E-state index in [1.807, 2.05) is 60.7 Å². The van der Waals surface area contributed by atoms with Crippen LogP contribution in [0.3, 0.4) is 0 Å². The second-order valence-corrected chi connectivity index (χ2v) is 6.20. The van der Waals surface area contributed by atoms with Crippen molar-refractivity contribution >= 4 is 17.3 Å². The van der Waals surface area contributed by atoms with Gasteiger partial charge in [-0.3, -0.25) is 9.59 Å². The van der Waals surface area contributed by atoms with E-state index in [0.29, 0.717) is 11.1 Å². The normalized spacial score (nSPS) is 13.2. The Morgan fingerprint density at radius 1 is 0.692 bits per heavy atom. The molecule has 0 atom stereocenters. The maximum absolute atomic E-state index is 13.4. The van der Waals surface area contributed by atoms with Crippen molar-refractivity contribution in [3.8, 4) is 0 Å². The van der Waals surface area contributed by atoms with Crippen LogP contribution in [0.4, 0.5) is 0 Å². The number of benzene rings is 3. The second-order valence-electron chi connectivity index (χ2n) is 6.20. The van der Waals surface area contributed by atoms with E-state index in [-0.39, 0.29) is 5.57 Å². The first-order chi connectivity index (χ1) is 12.7. The summed E-state index contributed by atoms with van der Waals surface area (Å²) in [4.78, 5) is 26.1. The molecule has 0 saturated heterocycles. The van der Waals surface area contributed by atoms with E-state index in [1.165, 1.54) is 0 Å². The van der Waals surface area contributed by atoms with Crippen LogP contribution in [0.2, 0.25) is 0 Å². The van der Waals surface area contributed by atoms with Crippen molar-refractivity contribution in [1.29, 1.82) is 0 Å². The first-order valence-corrected chi connectivity index (χ1v) is 8.38. The van der Waals surface area contributed by atoms with Gasteiger partial charge < -0.3 is 5.11 Å². The topological polar surface area (TPSA) is 57.2 Å². The number of fused-ring (bicyclic) bond motifs is 1. The Hall–Kier alpha value is -3.46. The van der Waals surface area contributed by atoms with Gasteiger partial charge in [-0.05, 0) is 16.7 Å². The van der Waals surface area contributed by atoms with Crippen molar-refractivity contribution in [3.63, 3.8) is 0 Å². The monoisotopic (exact) mass is 339 g/mol. The Balaban J connectivity index is 1.85. The minimum absolute atomic E-state index is 0.246. The summed E-state index contributed by atoms with van der Waals surface area (Å²) in [5.74, 6) is -2.09. The Morgan fingerprint density at radius 2 is 1.15 bits per heavy atom. The number of hydrogen-bond donors (Lipinski definition) is 0. The van der Waals surface area contributed by atoms with Crippen LogP contribution in [0, 0.1) is 0 Å². The summed E-state index contributed by atoms with van der Waals surface area (Å²) < 4.78 is 0. The SMILES string of the molecule is O=C1C(C(=O)C(c2ccccc2)c2ccccc2)=C([O-])c2ccccc21. The summed E-state index contributed by atoms with van der Waals surface area (Å²) in [6, 6.07) is 25.0. The lowest BCUT2D eigenvalue weighted by Gasteiger charge is -2.19. The van der Waals surface area contributed by atoms with Gasteiger partial charge in [0.05, 0.1) is 11.5 Å². The molecule has 0 aromatic heterocycles. The molecular formula is C23H15O3-. The van der Waals surface area contributed by atoms with Crippen molar-refractivity contribution in [2.45, 2.75) is 5.92 Å². The number of hydrogen-bond acceptors (Lipinski definition) is 3. The Bertz CT molecular complexity index is 978. The fourth-order valence-electron chi connectivity index (χ4n) is 3.41. The quantitative estimate of drug-likeness (QED) is 0.685.